The van der Waals surface area contributed by atoms with Gasteiger partial charge in [-0.25, -0.2) is 0 Å². The fourth-order valence-electron chi connectivity index (χ4n) is 1.27. The molecule has 6 heteroatoms. The molecule has 0 spiro atoms. The van der Waals surface area contributed by atoms with Crippen molar-refractivity contribution in [2.24, 2.45) is 0 Å². The minimum atomic E-state index is -0.0594. The van der Waals surface area contributed by atoms with Crippen LogP contribution in [0.1, 0.15) is 5.69 Å². The molecule has 0 bridgehead atoms. The van der Waals surface area contributed by atoms with Crippen molar-refractivity contribution < 1.29 is 0 Å². The average molecular weight is 256 g/mol. The summed E-state index contributed by atoms with van der Waals surface area (Å²) >= 11 is 6.99. The largest absolute Gasteiger partial charge is 0.397 e. The van der Waals surface area contributed by atoms with E-state index in [0.29, 0.717) is 17.3 Å². The third kappa shape index (κ3) is 2.56. The number of thiazole rings is 1. The molecule has 0 atom stereocenters. The summed E-state index contributed by atoms with van der Waals surface area (Å²) in [5, 5.41) is 5.51. The quantitative estimate of drug-likeness (QED) is 0.737. The van der Waals surface area contributed by atoms with E-state index in [9.17, 15) is 4.79 Å². The standard InChI is InChI=1S/C10H10ClN3OS/c11-6-1-2-8(12)9(3-6)13-4-7-5-16-10(15)14-7/h1-3,5,13H,4,12H2,(H,14,15). The molecular formula is C10H10ClN3OS. The number of anilines is 2. The molecule has 0 saturated heterocycles. The summed E-state index contributed by atoms with van der Waals surface area (Å²) in [7, 11) is 0. The van der Waals surface area contributed by atoms with Crippen molar-refractivity contribution in [1.29, 1.82) is 0 Å². The van der Waals surface area contributed by atoms with Crippen LogP contribution < -0.4 is 15.9 Å². The second-order valence-corrected chi connectivity index (χ2v) is 4.54. The van der Waals surface area contributed by atoms with E-state index in [-0.39, 0.29) is 4.87 Å². The van der Waals surface area contributed by atoms with E-state index in [2.05, 4.69) is 10.3 Å². The molecule has 4 nitrogen and oxygen atoms in total. The minimum absolute atomic E-state index is 0.0594. The van der Waals surface area contributed by atoms with Gasteiger partial charge >= 0.3 is 4.87 Å². The highest BCUT2D eigenvalue weighted by atomic mass is 35.5. The maximum atomic E-state index is 10.9. The van der Waals surface area contributed by atoms with Gasteiger partial charge in [0.05, 0.1) is 17.9 Å². The van der Waals surface area contributed by atoms with Crippen LogP contribution in [0.3, 0.4) is 0 Å². The average Bonchev–Trinajstić information content (AvgIpc) is 2.66. The molecular weight excluding hydrogens is 246 g/mol. The lowest BCUT2D eigenvalue weighted by Crippen LogP contribution is -2.04. The summed E-state index contributed by atoms with van der Waals surface area (Å²) in [6, 6.07) is 5.22. The summed E-state index contributed by atoms with van der Waals surface area (Å²) in [4.78, 5) is 13.6. The Balaban J connectivity index is 2.10. The van der Waals surface area contributed by atoms with Crippen LogP contribution in [-0.4, -0.2) is 4.98 Å². The Morgan fingerprint density at radius 2 is 2.31 bits per heavy atom. The molecule has 2 rings (SSSR count). The van der Waals surface area contributed by atoms with Crippen LogP contribution in [0, 0.1) is 0 Å². The second-order valence-electron chi connectivity index (χ2n) is 3.26. The van der Waals surface area contributed by atoms with Gasteiger partial charge < -0.3 is 16.0 Å². The molecule has 0 aliphatic carbocycles. The van der Waals surface area contributed by atoms with Gasteiger partial charge in [0, 0.05) is 16.1 Å². The van der Waals surface area contributed by atoms with E-state index in [0.717, 1.165) is 22.7 Å². The summed E-state index contributed by atoms with van der Waals surface area (Å²) < 4.78 is 0. The molecule has 0 aliphatic rings. The highest BCUT2D eigenvalue weighted by Crippen LogP contribution is 2.23. The predicted octanol–water partition coefficient (Wildman–Crippen LogP) is 2.28. The normalized spacial score (nSPS) is 10.3. The van der Waals surface area contributed by atoms with Crippen molar-refractivity contribution >= 4 is 34.3 Å². The number of nitrogens with one attached hydrogen (secondary N) is 2. The molecule has 0 unspecified atom stereocenters. The monoisotopic (exact) mass is 255 g/mol. The second kappa shape index (κ2) is 4.59. The number of benzene rings is 1. The zero-order valence-electron chi connectivity index (χ0n) is 8.29. The number of aromatic amines is 1. The Morgan fingerprint density at radius 1 is 1.50 bits per heavy atom. The number of hydrogen-bond donors (Lipinski definition) is 3. The molecule has 2 aromatic rings. The molecule has 0 amide bonds. The van der Waals surface area contributed by atoms with Gasteiger partial charge in [-0.05, 0) is 18.2 Å². The van der Waals surface area contributed by atoms with Crippen molar-refractivity contribution in [2.75, 3.05) is 11.1 Å². The summed E-state index contributed by atoms with van der Waals surface area (Å²) in [6.45, 7) is 0.517. The summed E-state index contributed by atoms with van der Waals surface area (Å²) in [5.41, 5.74) is 7.99. The van der Waals surface area contributed by atoms with E-state index in [1.165, 1.54) is 0 Å². The Kier molecular flexibility index (Phi) is 3.17. The SMILES string of the molecule is Nc1ccc(Cl)cc1NCc1csc(=O)[nH]1. The van der Waals surface area contributed by atoms with Crippen LogP contribution in [0.25, 0.3) is 0 Å². The first-order chi connectivity index (χ1) is 7.65. The molecule has 0 fully saturated rings. The molecule has 1 heterocycles. The molecule has 1 aromatic carbocycles. The Morgan fingerprint density at radius 3 is 3.00 bits per heavy atom. The van der Waals surface area contributed by atoms with Crippen molar-refractivity contribution in [1.82, 2.24) is 4.98 Å². The fourth-order valence-corrected chi connectivity index (χ4v) is 2.03. The van der Waals surface area contributed by atoms with Crippen molar-refractivity contribution in [3.05, 3.63) is 44.0 Å². The van der Waals surface area contributed by atoms with Gasteiger partial charge in [0.1, 0.15) is 0 Å². The van der Waals surface area contributed by atoms with Gasteiger partial charge in [-0.3, -0.25) is 4.79 Å². The third-order valence-electron chi connectivity index (χ3n) is 2.06. The highest BCUT2D eigenvalue weighted by molar-refractivity contribution is 7.07. The van der Waals surface area contributed by atoms with Crippen LogP contribution in [0.2, 0.25) is 5.02 Å². The van der Waals surface area contributed by atoms with Gasteiger partial charge in [-0.2, -0.15) is 0 Å². The first-order valence-electron chi connectivity index (χ1n) is 4.61. The lowest BCUT2D eigenvalue weighted by Gasteiger charge is -2.08. The lowest BCUT2D eigenvalue weighted by atomic mass is 10.2. The van der Waals surface area contributed by atoms with E-state index in [4.69, 9.17) is 17.3 Å². The summed E-state index contributed by atoms with van der Waals surface area (Å²) in [6.07, 6.45) is 0. The Labute approximate surface area is 101 Å². The van der Waals surface area contributed by atoms with Gasteiger partial charge in [-0.15, -0.1) is 0 Å². The topological polar surface area (TPSA) is 70.9 Å². The number of rotatable bonds is 3. The third-order valence-corrected chi connectivity index (χ3v) is 3.01. The van der Waals surface area contributed by atoms with Gasteiger partial charge in [0.2, 0.25) is 0 Å². The predicted molar refractivity (Wildman–Crippen MR) is 68.1 cm³/mol. The molecule has 4 N–H and O–H groups in total. The highest BCUT2D eigenvalue weighted by Gasteiger charge is 2.01. The van der Waals surface area contributed by atoms with E-state index in [1.54, 1.807) is 23.6 Å². The molecule has 1 aromatic heterocycles. The van der Waals surface area contributed by atoms with Gasteiger partial charge in [-0.1, -0.05) is 22.9 Å². The van der Waals surface area contributed by atoms with E-state index >= 15 is 0 Å². The van der Waals surface area contributed by atoms with Crippen LogP contribution in [-0.2, 0) is 6.54 Å². The molecule has 16 heavy (non-hydrogen) atoms. The van der Waals surface area contributed by atoms with Gasteiger partial charge in [0.25, 0.3) is 0 Å². The van der Waals surface area contributed by atoms with Crippen LogP contribution in [0.5, 0.6) is 0 Å². The number of aromatic nitrogens is 1. The fraction of sp³-hybridized carbons (Fsp3) is 0.100. The zero-order chi connectivity index (χ0) is 11.5. The molecule has 0 saturated carbocycles. The number of nitrogen functional groups attached to an aromatic ring is 1. The maximum absolute atomic E-state index is 10.9. The lowest BCUT2D eigenvalue weighted by molar-refractivity contribution is 1.06. The minimum Gasteiger partial charge on any atom is -0.397 e. The van der Waals surface area contributed by atoms with Crippen LogP contribution in [0.4, 0.5) is 11.4 Å². The van der Waals surface area contributed by atoms with Crippen LogP contribution in [0.15, 0.2) is 28.4 Å². The van der Waals surface area contributed by atoms with E-state index < -0.39 is 0 Å². The first-order valence-corrected chi connectivity index (χ1v) is 5.86. The van der Waals surface area contributed by atoms with Crippen molar-refractivity contribution in [3.63, 3.8) is 0 Å². The number of halogens is 1. The smallest absolute Gasteiger partial charge is 0.304 e. The van der Waals surface area contributed by atoms with E-state index in [1.807, 2.05) is 0 Å². The summed E-state index contributed by atoms with van der Waals surface area (Å²) in [5.74, 6) is 0. The first kappa shape index (κ1) is 11.0. The van der Waals surface area contributed by atoms with Crippen molar-refractivity contribution in [2.45, 2.75) is 6.54 Å². The van der Waals surface area contributed by atoms with Crippen LogP contribution >= 0.6 is 22.9 Å². The Bertz CT molecular complexity index is 549. The van der Waals surface area contributed by atoms with Crippen molar-refractivity contribution in [3.8, 4) is 0 Å². The Hall–Kier alpha value is -1.46. The molecule has 84 valence electrons. The maximum Gasteiger partial charge on any atom is 0.304 e. The number of hydrogen-bond acceptors (Lipinski definition) is 4. The zero-order valence-corrected chi connectivity index (χ0v) is 9.86. The molecule has 0 radical (unpaired) electrons. The molecule has 0 aliphatic heterocycles. The van der Waals surface area contributed by atoms with Gasteiger partial charge in [0.15, 0.2) is 0 Å². The number of nitrogens with two attached hydrogens (primary N) is 1. The number of H-pyrrole nitrogens is 1.